The summed E-state index contributed by atoms with van der Waals surface area (Å²) in [5.74, 6) is -0.297. The van der Waals surface area contributed by atoms with E-state index >= 15 is 0 Å². The summed E-state index contributed by atoms with van der Waals surface area (Å²) in [4.78, 5) is 11.4. The van der Waals surface area contributed by atoms with Gasteiger partial charge in [0.2, 0.25) is 0 Å². The minimum atomic E-state index is -0.930. The molecule has 0 amide bonds. The molecule has 0 unspecified atom stereocenters. The van der Waals surface area contributed by atoms with Crippen LogP contribution >= 0.6 is 0 Å². The molecule has 0 radical (unpaired) electrons. The molecule has 0 bridgehead atoms. The minimum Gasteiger partial charge on any atom is -0.425 e. The van der Waals surface area contributed by atoms with Gasteiger partial charge in [0.05, 0.1) is 5.57 Å². The Morgan fingerprint density at radius 2 is 1.57 bits per heavy atom. The van der Waals surface area contributed by atoms with Gasteiger partial charge in [-0.05, 0) is 12.8 Å². The van der Waals surface area contributed by atoms with Crippen LogP contribution in [0.2, 0.25) is 0 Å². The first-order valence-electron chi connectivity index (χ1n) is 8.46. The van der Waals surface area contributed by atoms with Gasteiger partial charge in [0.25, 0.3) is 0 Å². The Balaban J connectivity index is 1.97. The number of allylic oxidation sites excluding steroid dienone is 1. The lowest BCUT2D eigenvalue weighted by atomic mass is 10.0. The summed E-state index contributed by atoms with van der Waals surface area (Å²) in [6.45, 7) is 5.75. The Morgan fingerprint density at radius 3 is 2.05 bits per heavy atom. The van der Waals surface area contributed by atoms with Gasteiger partial charge in [-0.25, -0.2) is 4.79 Å². The van der Waals surface area contributed by atoms with E-state index in [9.17, 15) is 9.90 Å². The molecular weight excluding hydrogens is 264 g/mol. The predicted octanol–water partition coefficient (Wildman–Crippen LogP) is 4.66. The number of hydrogen-bond acceptors (Lipinski definition) is 3. The second-order valence-corrected chi connectivity index (χ2v) is 5.89. The van der Waals surface area contributed by atoms with Gasteiger partial charge in [-0.15, -0.1) is 0 Å². The standard InChI is InChI=1S/C18H30O3/c1-3-4-5-6-7-8-9-10-11-12-13-14-16-17(19)15(2)21-18(16)20/h14,17,19H,2-13H2,1H3/b16-14+/t17-/m1/s1. The van der Waals surface area contributed by atoms with Crippen molar-refractivity contribution in [3.63, 3.8) is 0 Å². The first kappa shape index (κ1) is 18.0. The number of carbonyl (C=O) groups is 1. The zero-order valence-electron chi connectivity index (χ0n) is 13.4. The van der Waals surface area contributed by atoms with Gasteiger partial charge in [-0.3, -0.25) is 0 Å². The maximum Gasteiger partial charge on any atom is 0.341 e. The molecule has 1 N–H and O–H groups in total. The Bertz CT molecular complexity index is 357. The minimum absolute atomic E-state index is 0.148. The van der Waals surface area contributed by atoms with E-state index in [2.05, 4.69) is 13.5 Å². The topological polar surface area (TPSA) is 46.5 Å². The highest BCUT2D eigenvalue weighted by Gasteiger charge is 2.32. The van der Waals surface area contributed by atoms with Gasteiger partial charge in [0, 0.05) is 0 Å². The number of ether oxygens (including phenoxy) is 1. The lowest BCUT2D eigenvalue weighted by molar-refractivity contribution is -0.132. The van der Waals surface area contributed by atoms with E-state index in [0.717, 1.165) is 12.8 Å². The highest BCUT2D eigenvalue weighted by Crippen LogP contribution is 2.23. The van der Waals surface area contributed by atoms with Crippen LogP contribution in [-0.4, -0.2) is 17.2 Å². The van der Waals surface area contributed by atoms with Crippen LogP contribution in [0.3, 0.4) is 0 Å². The van der Waals surface area contributed by atoms with Crippen molar-refractivity contribution in [3.05, 3.63) is 24.0 Å². The molecule has 1 saturated heterocycles. The summed E-state index contributed by atoms with van der Waals surface area (Å²) in [6, 6.07) is 0. The van der Waals surface area contributed by atoms with Crippen LogP contribution in [0, 0.1) is 0 Å². The molecular formula is C18H30O3. The second kappa shape index (κ2) is 10.6. The van der Waals surface area contributed by atoms with Crippen LogP contribution in [0.4, 0.5) is 0 Å². The molecule has 3 nitrogen and oxygen atoms in total. The normalized spacial score (nSPS) is 20.3. The van der Waals surface area contributed by atoms with Crippen molar-refractivity contribution in [3.8, 4) is 0 Å². The molecule has 21 heavy (non-hydrogen) atoms. The summed E-state index contributed by atoms with van der Waals surface area (Å²) in [6.07, 6.45) is 14.7. The van der Waals surface area contributed by atoms with Crippen molar-refractivity contribution in [2.24, 2.45) is 0 Å². The fraction of sp³-hybridized carbons (Fsp3) is 0.722. The van der Waals surface area contributed by atoms with E-state index in [1.54, 1.807) is 6.08 Å². The summed E-state index contributed by atoms with van der Waals surface area (Å²) in [5, 5.41) is 9.68. The van der Waals surface area contributed by atoms with E-state index in [1.165, 1.54) is 57.8 Å². The molecule has 1 atom stereocenters. The first-order chi connectivity index (χ1) is 10.2. The predicted molar refractivity (Wildman–Crippen MR) is 85.8 cm³/mol. The summed E-state index contributed by atoms with van der Waals surface area (Å²) >= 11 is 0. The van der Waals surface area contributed by atoms with E-state index in [-0.39, 0.29) is 5.76 Å². The first-order valence-corrected chi connectivity index (χ1v) is 8.46. The van der Waals surface area contributed by atoms with Crippen LogP contribution in [0.25, 0.3) is 0 Å². The highest BCUT2D eigenvalue weighted by atomic mass is 16.6. The number of hydrogen-bond donors (Lipinski definition) is 1. The smallest absolute Gasteiger partial charge is 0.341 e. The molecule has 0 aromatic heterocycles. The van der Waals surface area contributed by atoms with E-state index in [0.29, 0.717) is 5.57 Å². The molecule has 1 rings (SSSR count). The van der Waals surface area contributed by atoms with Crippen molar-refractivity contribution in [2.45, 2.75) is 83.7 Å². The van der Waals surface area contributed by atoms with Gasteiger partial charge in [0.15, 0.2) is 0 Å². The number of carbonyl (C=O) groups excluding carboxylic acids is 1. The molecule has 1 aliphatic heterocycles. The van der Waals surface area contributed by atoms with Gasteiger partial charge in [-0.1, -0.05) is 77.4 Å². The quantitative estimate of drug-likeness (QED) is 0.342. The number of cyclic esters (lactones) is 1. The van der Waals surface area contributed by atoms with Gasteiger partial charge >= 0.3 is 5.97 Å². The van der Waals surface area contributed by atoms with E-state index < -0.39 is 12.1 Å². The van der Waals surface area contributed by atoms with Crippen molar-refractivity contribution < 1.29 is 14.6 Å². The Labute approximate surface area is 129 Å². The van der Waals surface area contributed by atoms with Crippen LogP contribution < -0.4 is 0 Å². The lowest BCUT2D eigenvalue weighted by Gasteiger charge is -2.02. The van der Waals surface area contributed by atoms with E-state index in [1.807, 2.05) is 0 Å². The maximum atomic E-state index is 11.4. The summed E-state index contributed by atoms with van der Waals surface area (Å²) < 4.78 is 4.78. The largest absolute Gasteiger partial charge is 0.425 e. The Hall–Kier alpha value is -1.09. The highest BCUT2D eigenvalue weighted by molar-refractivity contribution is 5.93. The van der Waals surface area contributed by atoms with Gasteiger partial charge in [0.1, 0.15) is 11.9 Å². The molecule has 0 aromatic rings. The monoisotopic (exact) mass is 294 g/mol. The van der Waals surface area contributed by atoms with Crippen molar-refractivity contribution >= 4 is 5.97 Å². The van der Waals surface area contributed by atoms with Crippen LogP contribution in [0.15, 0.2) is 24.0 Å². The molecule has 0 aromatic carbocycles. The third kappa shape index (κ3) is 6.94. The van der Waals surface area contributed by atoms with Crippen molar-refractivity contribution in [2.75, 3.05) is 0 Å². The van der Waals surface area contributed by atoms with Gasteiger partial charge in [-0.2, -0.15) is 0 Å². The molecule has 3 heteroatoms. The third-order valence-corrected chi connectivity index (χ3v) is 3.98. The van der Waals surface area contributed by atoms with E-state index in [4.69, 9.17) is 4.74 Å². The summed E-state index contributed by atoms with van der Waals surface area (Å²) in [7, 11) is 0. The van der Waals surface area contributed by atoms with Crippen molar-refractivity contribution in [1.82, 2.24) is 0 Å². The van der Waals surface area contributed by atoms with Crippen molar-refractivity contribution in [1.29, 1.82) is 0 Å². The van der Waals surface area contributed by atoms with Crippen LogP contribution in [-0.2, 0) is 9.53 Å². The SMILES string of the molecule is C=C1OC(=O)/C(=C/CCCCCCCCCCCC)[C@@H]1O. The molecule has 1 aliphatic rings. The molecule has 0 spiro atoms. The Kier molecular flexibility index (Phi) is 9.07. The zero-order chi connectivity index (χ0) is 15.5. The van der Waals surface area contributed by atoms with Gasteiger partial charge < -0.3 is 9.84 Å². The lowest BCUT2D eigenvalue weighted by Crippen LogP contribution is -2.07. The fourth-order valence-electron chi connectivity index (χ4n) is 2.60. The molecule has 0 aliphatic carbocycles. The summed E-state index contributed by atoms with van der Waals surface area (Å²) in [5.41, 5.74) is 0.357. The Morgan fingerprint density at radius 1 is 1.05 bits per heavy atom. The number of unbranched alkanes of at least 4 members (excludes halogenated alkanes) is 10. The average molecular weight is 294 g/mol. The number of rotatable bonds is 11. The molecule has 1 heterocycles. The third-order valence-electron chi connectivity index (χ3n) is 3.98. The molecule has 1 fully saturated rings. The number of esters is 1. The van der Waals surface area contributed by atoms with Crippen LogP contribution in [0.5, 0.6) is 0 Å². The molecule has 120 valence electrons. The molecule has 0 saturated carbocycles. The number of aliphatic hydroxyl groups excluding tert-OH is 1. The maximum absolute atomic E-state index is 11.4. The zero-order valence-corrected chi connectivity index (χ0v) is 13.4. The van der Waals surface area contributed by atoms with Crippen LogP contribution in [0.1, 0.15) is 77.6 Å². The second-order valence-electron chi connectivity index (χ2n) is 5.89. The fourth-order valence-corrected chi connectivity index (χ4v) is 2.60. The average Bonchev–Trinajstić information content (AvgIpc) is 2.70. The number of aliphatic hydroxyl groups is 1.